The van der Waals surface area contributed by atoms with Gasteiger partial charge in [0, 0.05) is 6.54 Å². The lowest BCUT2D eigenvalue weighted by atomic mass is 9.91. The van der Waals surface area contributed by atoms with Crippen molar-refractivity contribution in [1.29, 1.82) is 0 Å². The summed E-state index contributed by atoms with van der Waals surface area (Å²) in [7, 11) is -3.48. The van der Waals surface area contributed by atoms with E-state index in [-0.39, 0.29) is 12.1 Å². The lowest BCUT2D eigenvalue weighted by molar-refractivity contribution is -0.0585. The van der Waals surface area contributed by atoms with E-state index in [9.17, 15) is 8.42 Å². The first-order chi connectivity index (χ1) is 9.50. The van der Waals surface area contributed by atoms with E-state index < -0.39 is 10.0 Å². The molecule has 0 spiro atoms. The molecular formula is C12H15BrClNO3S2. The Morgan fingerprint density at radius 3 is 2.85 bits per heavy atom. The van der Waals surface area contributed by atoms with E-state index in [1.54, 1.807) is 4.31 Å². The van der Waals surface area contributed by atoms with Crippen LogP contribution in [0.4, 0.5) is 0 Å². The number of hydrogen-bond donors (Lipinski definition) is 0. The molecule has 1 aromatic rings. The number of ether oxygens (including phenoxy) is 1. The van der Waals surface area contributed by atoms with Crippen LogP contribution in [0.3, 0.4) is 0 Å². The molecule has 0 N–H and O–H groups in total. The molecule has 0 aromatic carbocycles. The summed E-state index contributed by atoms with van der Waals surface area (Å²) in [5.74, 6) is 0. The van der Waals surface area contributed by atoms with E-state index in [1.165, 1.54) is 17.4 Å². The van der Waals surface area contributed by atoms with E-state index in [1.807, 2.05) is 0 Å². The first-order valence-corrected chi connectivity index (χ1v) is 10.0. The maximum absolute atomic E-state index is 12.8. The third-order valence-electron chi connectivity index (χ3n) is 3.87. The highest BCUT2D eigenvalue weighted by Gasteiger charge is 2.41. The number of sulfonamides is 1. The van der Waals surface area contributed by atoms with Crippen LogP contribution in [-0.2, 0) is 14.8 Å². The molecule has 4 nitrogen and oxygen atoms in total. The molecule has 1 aliphatic carbocycles. The zero-order valence-electron chi connectivity index (χ0n) is 10.7. The predicted octanol–water partition coefficient (Wildman–Crippen LogP) is 3.50. The van der Waals surface area contributed by atoms with Crippen LogP contribution >= 0.6 is 38.9 Å². The van der Waals surface area contributed by atoms with Gasteiger partial charge in [-0.2, -0.15) is 4.31 Å². The summed E-state index contributed by atoms with van der Waals surface area (Å²) in [6, 6.07) is 1.50. The maximum Gasteiger partial charge on any atom is 0.253 e. The first kappa shape index (κ1) is 15.2. The Morgan fingerprint density at radius 2 is 2.15 bits per heavy atom. The Bertz CT molecular complexity index is 582. The van der Waals surface area contributed by atoms with Crippen molar-refractivity contribution in [3.8, 4) is 0 Å². The molecular weight excluding hydrogens is 386 g/mol. The van der Waals surface area contributed by atoms with Gasteiger partial charge in [-0.3, -0.25) is 0 Å². The van der Waals surface area contributed by atoms with Gasteiger partial charge in [0.25, 0.3) is 10.0 Å². The zero-order chi connectivity index (χ0) is 14.3. The second-order valence-electron chi connectivity index (χ2n) is 5.06. The number of morpholine rings is 1. The number of thiophene rings is 1. The monoisotopic (exact) mass is 399 g/mol. The van der Waals surface area contributed by atoms with Crippen molar-refractivity contribution in [2.45, 2.75) is 42.0 Å². The summed E-state index contributed by atoms with van der Waals surface area (Å²) in [4.78, 5) is 0. The van der Waals surface area contributed by atoms with Crippen LogP contribution in [0.15, 0.2) is 14.1 Å². The molecule has 20 heavy (non-hydrogen) atoms. The van der Waals surface area contributed by atoms with Crippen LogP contribution in [-0.4, -0.2) is 38.0 Å². The third kappa shape index (κ3) is 2.68. The first-order valence-electron chi connectivity index (χ1n) is 6.58. The van der Waals surface area contributed by atoms with Crippen LogP contribution in [0.2, 0.25) is 5.02 Å². The van der Waals surface area contributed by atoms with E-state index in [2.05, 4.69) is 15.9 Å². The highest BCUT2D eigenvalue weighted by atomic mass is 79.9. The van der Waals surface area contributed by atoms with E-state index in [0.717, 1.165) is 25.7 Å². The average molecular weight is 401 g/mol. The van der Waals surface area contributed by atoms with Crippen molar-refractivity contribution in [3.63, 3.8) is 0 Å². The maximum atomic E-state index is 12.8. The Balaban J connectivity index is 1.93. The highest BCUT2D eigenvalue weighted by Crippen LogP contribution is 2.38. The summed E-state index contributed by atoms with van der Waals surface area (Å²) in [6.45, 7) is 0.900. The van der Waals surface area contributed by atoms with Crippen LogP contribution in [0.5, 0.6) is 0 Å². The van der Waals surface area contributed by atoms with Gasteiger partial charge in [0.1, 0.15) is 4.21 Å². The minimum Gasteiger partial charge on any atom is -0.375 e. The van der Waals surface area contributed by atoms with Gasteiger partial charge in [-0.25, -0.2) is 8.42 Å². The molecule has 0 amide bonds. The topological polar surface area (TPSA) is 46.6 Å². The van der Waals surface area contributed by atoms with Crippen LogP contribution in [0.25, 0.3) is 0 Å². The lowest BCUT2D eigenvalue weighted by Gasteiger charge is -2.42. The molecule has 3 rings (SSSR count). The van der Waals surface area contributed by atoms with Gasteiger partial charge in [-0.1, -0.05) is 24.4 Å². The molecule has 0 bridgehead atoms. The molecule has 1 saturated carbocycles. The van der Waals surface area contributed by atoms with Gasteiger partial charge in [-0.15, -0.1) is 11.3 Å². The van der Waals surface area contributed by atoms with Crippen molar-refractivity contribution in [2.75, 3.05) is 13.2 Å². The fourth-order valence-electron chi connectivity index (χ4n) is 2.93. The average Bonchev–Trinajstić information content (AvgIpc) is 2.79. The van der Waals surface area contributed by atoms with Crippen molar-refractivity contribution in [3.05, 3.63) is 14.9 Å². The number of fused-ring (bicyclic) bond motifs is 1. The number of rotatable bonds is 2. The van der Waals surface area contributed by atoms with Gasteiger partial charge in [0.2, 0.25) is 0 Å². The van der Waals surface area contributed by atoms with E-state index >= 15 is 0 Å². The molecule has 1 aromatic heterocycles. The summed E-state index contributed by atoms with van der Waals surface area (Å²) < 4.78 is 33.9. The molecule has 1 saturated heterocycles. The second kappa shape index (κ2) is 5.85. The van der Waals surface area contributed by atoms with E-state index in [0.29, 0.717) is 26.2 Å². The smallest absolute Gasteiger partial charge is 0.253 e. The van der Waals surface area contributed by atoms with Crippen molar-refractivity contribution in [1.82, 2.24) is 4.31 Å². The number of halogens is 2. The Labute approximate surface area is 136 Å². The minimum atomic E-state index is -3.48. The summed E-state index contributed by atoms with van der Waals surface area (Å²) in [5, 5.41) is 0.446. The highest BCUT2D eigenvalue weighted by molar-refractivity contribution is 9.11. The van der Waals surface area contributed by atoms with Crippen molar-refractivity contribution >= 4 is 48.9 Å². The van der Waals surface area contributed by atoms with Crippen LogP contribution in [0.1, 0.15) is 25.7 Å². The Morgan fingerprint density at radius 1 is 1.40 bits per heavy atom. The quantitative estimate of drug-likeness (QED) is 0.763. The molecule has 112 valence electrons. The fraction of sp³-hybridized carbons (Fsp3) is 0.667. The molecule has 0 radical (unpaired) electrons. The Hall–Kier alpha value is 0.340. The SMILES string of the molecule is O=S(=O)(c1cc(Cl)c(Br)s1)N1CCOC2CCCCC21. The molecule has 2 heterocycles. The van der Waals surface area contributed by atoms with Crippen molar-refractivity contribution < 1.29 is 13.2 Å². The lowest BCUT2D eigenvalue weighted by Crippen LogP contribution is -2.54. The van der Waals surface area contributed by atoms with Crippen LogP contribution in [0, 0.1) is 0 Å². The predicted molar refractivity (Wildman–Crippen MR) is 82.9 cm³/mol. The molecule has 2 fully saturated rings. The van der Waals surface area contributed by atoms with Crippen LogP contribution < -0.4 is 0 Å². The van der Waals surface area contributed by atoms with Gasteiger partial charge in [0.15, 0.2) is 0 Å². The minimum absolute atomic E-state index is 0.0258. The molecule has 2 unspecified atom stereocenters. The fourth-order valence-corrected chi connectivity index (χ4v) is 7.12. The molecule has 2 aliphatic rings. The number of hydrogen-bond acceptors (Lipinski definition) is 4. The standard InChI is InChI=1S/C12H15BrClNO3S2/c13-12-8(14)7-11(19-12)20(16,17)15-5-6-18-10-4-2-1-3-9(10)15/h7,9-10H,1-6H2. The largest absolute Gasteiger partial charge is 0.375 e. The van der Waals surface area contributed by atoms with Crippen molar-refractivity contribution in [2.24, 2.45) is 0 Å². The van der Waals surface area contributed by atoms with Gasteiger partial charge < -0.3 is 4.74 Å². The third-order valence-corrected chi connectivity index (χ3v) is 8.72. The number of nitrogens with zero attached hydrogens (tertiary/aromatic N) is 1. The Kier molecular flexibility index (Phi) is 4.46. The summed E-state index contributed by atoms with van der Waals surface area (Å²) in [5.41, 5.74) is 0. The summed E-state index contributed by atoms with van der Waals surface area (Å²) >= 11 is 10.4. The van der Waals surface area contributed by atoms with Gasteiger partial charge in [-0.05, 0) is 34.8 Å². The zero-order valence-corrected chi connectivity index (χ0v) is 14.7. The van der Waals surface area contributed by atoms with E-state index in [4.69, 9.17) is 16.3 Å². The molecule has 2 atom stereocenters. The molecule has 1 aliphatic heterocycles. The second-order valence-corrected chi connectivity index (χ2v) is 9.96. The van der Waals surface area contributed by atoms with Gasteiger partial charge in [0.05, 0.1) is 27.6 Å². The molecule has 8 heteroatoms. The summed E-state index contributed by atoms with van der Waals surface area (Å²) in [6.07, 6.45) is 4.05. The normalized spacial score (nSPS) is 28.3. The van der Waals surface area contributed by atoms with Gasteiger partial charge >= 0.3 is 0 Å².